The van der Waals surface area contributed by atoms with Gasteiger partial charge in [0, 0.05) is 21.9 Å². The molecule has 4 heteroatoms. The van der Waals surface area contributed by atoms with E-state index in [1.165, 1.54) is 22.3 Å². The minimum absolute atomic E-state index is 0. The number of fused-ring (bicyclic) bond motifs is 1. The molecule has 11 rings (SSSR count). The first-order valence-corrected chi connectivity index (χ1v) is 23.5. The number of rotatable bonds is 13. The topological polar surface area (TPSA) is 38.7 Å². The van der Waals surface area contributed by atoms with Crippen LogP contribution in [0.3, 0.4) is 0 Å². The first-order chi connectivity index (χ1) is 35.3. The molecule has 8 aromatic carbocycles. The molecule has 3 aromatic heterocycles. The van der Waals surface area contributed by atoms with Crippen LogP contribution >= 0.6 is 0 Å². The quantitative estimate of drug-likeness (QED) is 0.108. The number of hydrogen-bond acceptors (Lipinski definition) is 3. The average Bonchev–Trinajstić information content (AvgIpc) is 3.44. The van der Waals surface area contributed by atoms with E-state index in [-0.39, 0.29) is 25.7 Å². The van der Waals surface area contributed by atoms with Crippen LogP contribution in [-0.2, 0) is 45.8 Å². The standard InChI is InChI=1S/C66H48N3.Ir/c1-46-41-66(69-65-20-8-7-15-58(46)65)56-37-38-61(62(45-56)53-35-33-52(34-36-53)51-13-3-2-4-14-51)60-17-6-5-16-59(60)57-43-49(23-21-47-25-29-54(30-26-47)63-18-9-11-39-67-63)42-50(44-57)24-22-48-27-31-55(32-28-48)64-19-10-12-40-68-64;/h2-20,25-29,31,33-36,38-45H,21-24H2,1H3;/q-3;+3/i1D3;. The van der Waals surface area contributed by atoms with Gasteiger partial charge in [-0.3, -0.25) is 4.98 Å². The van der Waals surface area contributed by atoms with Crippen molar-refractivity contribution in [3.63, 3.8) is 0 Å². The van der Waals surface area contributed by atoms with Crippen LogP contribution < -0.4 is 0 Å². The maximum atomic E-state index is 8.47. The fraction of sp³-hybridized carbons (Fsp3) is 0.0758. The minimum atomic E-state index is -2.33. The zero-order valence-electron chi connectivity index (χ0n) is 41.4. The van der Waals surface area contributed by atoms with E-state index in [9.17, 15) is 0 Å². The molecule has 0 saturated carbocycles. The van der Waals surface area contributed by atoms with Crippen LogP contribution in [0.1, 0.15) is 31.9 Å². The van der Waals surface area contributed by atoms with Crippen molar-refractivity contribution in [1.82, 2.24) is 15.0 Å². The Balaban J connectivity index is 0.00000611. The molecule has 3 heterocycles. The van der Waals surface area contributed by atoms with Crippen LogP contribution in [0.25, 0.3) is 89.2 Å². The molecule has 3 nitrogen and oxygen atoms in total. The smallest absolute Gasteiger partial charge is 0.305 e. The van der Waals surface area contributed by atoms with Gasteiger partial charge >= 0.3 is 20.1 Å². The predicted octanol–water partition coefficient (Wildman–Crippen LogP) is 16.0. The molecular weight excluding hydrogens is 1030 g/mol. The summed E-state index contributed by atoms with van der Waals surface area (Å²) in [6.45, 7) is -2.33. The zero-order chi connectivity index (χ0) is 48.9. The van der Waals surface area contributed by atoms with Crippen molar-refractivity contribution in [2.24, 2.45) is 0 Å². The van der Waals surface area contributed by atoms with Gasteiger partial charge in [-0.25, -0.2) is 0 Å². The van der Waals surface area contributed by atoms with Gasteiger partial charge in [0.15, 0.2) is 0 Å². The number of benzene rings is 8. The summed E-state index contributed by atoms with van der Waals surface area (Å²) in [5.74, 6) is 0. The molecule has 70 heavy (non-hydrogen) atoms. The predicted molar refractivity (Wildman–Crippen MR) is 284 cm³/mol. The van der Waals surface area contributed by atoms with Gasteiger partial charge in [0.2, 0.25) is 0 Å². The van der Waals surface area contributed by atoms with Crippen LogP contribution in [-0.4, -0.2) is 15.0 Å². The van der Waals surface area contributed by atoms with Crippen LogP contribution in [0.15, 0.2) is 225 Å². The fourth-order valence-electron chi connectivity index (χ4n) is 9.23. The second kappa shape index (κ2) is 21.2. The summed E-state index contributed by atoms with van der Waals surface area (Å²) in [6, 6.07) is 83.4. The third-order valence-corrected chi connectivity index (χ3v) is 12.9. The number of aryl methyl sites for hydroxylation is 5. The van der Waals surface area contributed by atoms with Gasteiger partial charge in [-0.2, -0.15) is 0 Å². The summed E-state index contributed by atoms with van der Waals surface area (Å²) in [5, 5.41) is 0.624. The molecule has 0 amide bonds. The second-order valence-corrected chi connectivity index (χ2v) is 17.4. The summed E-state index contributed by atoms with van der Waals surface area (Å²) in [6.07, 6.45) is 7.05. The molecule has 0 atom stereocenters. The Labute approximate surface area is 429 Å². The summed E-state index contributed by atoms with van der Waals surface area (Å²) >= 11 is 0. The summed E-state index contributed by atoms with van der Waals surface area (Å²) in [5.41, 5.74) is 19.5. The fourth-order valence-corrected chi connectivity index (χ4v) is 9.23. The van der Waals surface area contributed by atoms with E-state index in [0.717, 1.165) is 98.3 Å². The van der Waals surface area contributed by atoms with Crippen molar-refractivity contribution in [3.8, 4) is 78.3 Å². The SMILES string of the molecule is [2H]C([2H])([2H])c1cc(-c2[c-]cc(-c3ccccc3-c3cc(CCc4c[c-]c(-c5ccccn5)cc4)cc(CCc4c[c-]c(-c5ccccn5)cc4)c3)c(-c3ccc(-c4ccccc4)cc3)c2)nc2ccccc12.[Ir+3]. The molecule has 0 spiro atoms. The van der Waals surface area contributed by atoms with Gasteiger partial charge in [-0.05, 0) is 99.5 Å². The van der Waals surface area contributed by atoms with E-state index in [2.05, 4.69) is 168 Å². The molecule has 0 bridgehead atoms. The molecular formula is C66H48IrN3. The third kappa shape index (κ3) is 10.3. The van der Waals surface area contributed by atoms with E-state index >= 15 is 0 Å². The number of hydrogen-bond donors (Lipinski definition) is 0. The van der Waals surface area contributed by atoms with Crippen molar-refractivity contribution < 1.29 is 24.2 Å². The van der Waals surface area contributed by atoms with Gasteiger partial charge in [-0.1, -0.05) is 175 Å². The molecule has 0 unspecified atom stereocenters. The molecule has 11 aromatic rings. The molecule has 336 valence electrons. The van der Waals surface area contributed by atoms with Crippen molar-refractivity contribution >= 4 is 10.9 Å². The molecule has 0 saturated heterocycles. The van der Waals surface area contributed by atoms with E-state index in [1.807, 2.05) is 79.1 Å². The second-order valence-electron chi connectivity index (χ2n) is 17.4. The van der Waals surface area contributed by atoms with Gasteiger partial charge in [0.05, 0.1) is 5.52 Å². The van der Waals surface area contributed by atoms with E-state index in [4.69, 9.17) is 9.10 Å². The Kier molecular flexibility index (Phi) is 12.8. The van der Waals surface area contributed by atoms with Crippen LogP contribution in [0.4, 0.5) is 0 Å². The summed E-state index contributed by atoms with van der Waals surface area (Å²) in [7, 11) is 0. The summed E-state index contributed by atoms with van der Waals surface area (Å²) < 4.78 is 25.4. The Morgan fingerprint density at radius 2 is 0.943 bits per heavy atom. The Bertz CT molecular complexity index is 3530. The largest absolute Gasteiger partial charge is 3.00 e. The molecule has 0 aliphatic heterocycles. The first kappa shape index (κ1) is 42.2. The molecule has 0 fully saturated rings. The number of aromatic nitrogens is 3. The van der Waals surface area contributed by atoms with Crippen molar-refractivity contribution in [3.05, 3.63) is 271 Å². The Morgan fingerprint density at radius 1 is 0.386 bits per heavy atom. The minimum Gasteiger partial charge on any atom is -0.305 e. The van der Waals surface area contributed by atoms with Crippen LogP contribution in [0.2, 0.25) is 0 Å². The Morgan fingerprint density at radius 3 is 1.56 bits per heavy atom. The van der Waals surface area contributed by atoms with Crippen molar-refractivity contribution in [2.75, 3.05) is 0 Å². The average molecular weight is 1080 g/mol. The van der Waals surface area contributed by atoms with Crippen LogP contribution in [0.5, 0.6) is 0 Å². The van der Waals surface area contributed by atoms with E-state index in [1.54, 1.807) is 6.07 Å². The van der Waals surface area contributed by atoms with Gasteiger partial charge in [0.25, 0.3) is 0 Å². The van der Waals surface area contributed by atoms with Gasteiger partial charge in [-0.15, -0.1) is 94.5 Å². The maximum absolute atomic E-state index is 8.47. The zero-order valence-corrected chi connectivity index (χ0v) is 40.8. The van der Waals surface area contributed by atoms with Gasteiger partial charge in [0.1, 0.15) is 0 Å². The number of nitrogens with zero attached hydrogens (tertiary/aromatic N) is 3. The third-order valence-electron chi connectivity index (χ3n) is 12.9. The summed E-state index contributed by atoms with van der Waals surface area (Å²) in [4.78, 5) is 14.1. The monoisotopic (exact) mass is 1080 g/mol. The van der Waals surface area contributed by atoms with E-state index in [0.29, 0.717) is 16.6 Å². The molecule has 0 aliphatic carbocycles. The molecule has 0 N–H and O–H groups in total. The number of para-hydroxylation sites is 1. The molecule has 0 radical (unpaired) electrons. The van der Waals surface area contributed by atoms with Crippen molar-refractivity contribution in [2.45, 2.75) is 32.5 Å². The van der Waals surface area contributed by atoms with E-state index < -0.39 is 6.85 Å². The molecule has 0 aliphatic rings. The number of pyridine rings is 3. The van der Waals surface area contributed by atoms with Crippen molar-refractivity contribution in [1.29, 1.82) is 0 Å². The maximum Gasteiger partial charge on any atom is 3.00 e. The Hall–Kier alpha value is -7.88. The normalized spacial score (nSPS) is 11.9. The van der Waals surface area contributed by atoms with Crippen LogP contribution in [0, 0.1) is 25.1 Å². The van der Waals surface area contributed by atoms with Gasteiger partial charge < -0.3 is 9.97 Å². The first-order valence-electron chi connectivity index (χ1n) is 25.0.